The molecule has 3 amide bonds. The summed E-state index contributed by atoms with van der Waals surface area (Å²) < 4.78 is 5.29. The molecule has 1 aliphatic heterocycles. The van der Waals surface area contributed by atoms with E-state index in [0.717, 1.165) is 6.42 Å². The Kier molecular flexibility index (Phi) is 6.31. The SMILES string of the molecule is COc1ccc(Cl)cc1NC(=O)c1cccc(N2C(=O)[C@@H]3CC[C@H](c4ccccc4)C[C@H]3C2=O)c1. The Morgan fingerprint density at radius 2 is 1.71 bits per heavy atom. The number of amides is 3. The van der Waals surface area contributed by atoms with Crippen molar-refractivity contribution in [3.05, 3.63) is 88.9 Å². The number of methoxy groups -OCH3 is 1. The maximum atomic E-state index is 13.4. The summed E-state index contributed by atoms with van der Waals surface area (Å²) in [6.07, 6.45) is 2.21. The van der Waals surface area contributed by atoms with Crippen molar-refractivity contribution in [3.63, 3.8) is 0 Å². The molecule has 1 heterocycles. The molecule has 0 spiro atoms. The molecule has 2 fully saturated rings. The number of nitrogens with one attached hydrogen (secondary N) is 1. The molecule has 0 bridgehead atoms. The molecule has 3 aromatic carbocycles. The number of carbonyl (C=O) groups is 3. The minimum Gasteiger partial charge on any atom is -0.495 e. The highest BCUT2D eigenvalue weighted by atomic mass is 35.5. The highest BCUT2D eigenvalue weighted by molar-refractivity contribution is 6.31. The van der Waals surface area contributed by atoms with E-state index in [1.807, 2.05) is 18.2 Å². The van der Waals surface area contributed by atoms with E-state index in [-0.39, 0.29) is 29.6 Å². The number of ether oxygens (including phenoxy) is 1. The van der Waals surface area contributed by atoms with Crippen LogP contribution in [0.15, 0.2) is 72.8 Å². The van der Waals surface area contributed by atoms with Crippen molar-refractivity contribution < 1.29 is 19.1 Å². The Morgan fingerprint density at radius 3 is 2.49 bits per heavy atom. The topological polar surface area (TPSA) is 75.7 Å². The molecule has 0 radical (unpaired) electrons. The van der Waals surface area contributed by atoms with Crippen LogP contribution in [0.4, 0.5) is 11.4 Å². The first-order valence-corrected chi connectivity index (χ1v) is 12.0. The van der Waals surface area contributed by atoms with Gasteiger partial charge in [0.2, 0.25) is 11.8 Å². The van der Waals surface area contributed by atoms with Crippen molar-refractivity contribution in [2.24, 2.45) is 11.8 Å². The average Bonchev–Trinajstić information content (AvgIpc) is 3.14. The van der Waals surface area contributed by atoms with E-state index in [4.69, 9.17) is 16.3 Å². The molecule has 35 heavy (non-hydrogen) atoms. The van der Waals surface area contributed by atoms with E-state index in [1.54, 1.807) is 42.5 Å². The fraction of sp³-hybridized carbons (Fsp3) is 0.250. The van der Waals surface area contributed by atoms with Gasteiger partial charge in [-0.3, -0.25) is 19.3 Å². The zero-order chi connectivity index (χ0) is 24.5. The van der Waals surface area contributed by atoms with E-state index >= 15 is 0 Å². The Hall–Kier alpha value is -3.64. The number of imide groups is 1. The monoisotopic (exact) mass is 488 g/mol. The van der Waals surface area contributed by atoms with Gasteiger partial charge in [-0.25, -0.2) is 0 Å². The van der Waals surface area contributed by atoms with Gasteiger partial charge in [-0.1, -0.05) is 48.0 Å². The number of fused-ring (bicyclic) bond motifs is 1. The van der Waals surface area contributed by atoms with Crippen LogP contribution < -0.4 is 15.0 Å². The lowest BCUT2D eigenvalue weighted by atomic mass is 9.73. The lowest BCUT2D eigenvalue weighted by Gasteiger charge is -2.28. The second-order valence-corrected chi connectivity index (χ2v) is 9.43. The lowest BCUT2D eigenvalue weighted by Crippen LogP contribution is -2.31. The molecule has 0 unspecified atom stereocenters. The van der Waals surface area contributed by atoms with E-state index in [1.165, 1.54) is 17.6 Å². The fourth-order valence-corrected chi connectivity index (χ4v) is 5.39. The number of hydrogen-bond donors (Lipinski definition) is 1. The van der Waals surface area contributed by atoms with Crippen LogP contribution in [-0.2, 0) is 9.59 Å². The second kappa shape index (κ2) is 9.55. The molecule has 6 nitrogen and oxygen atoms in total. The van der Waals surface area contributed by atoms with Crippen LogP contribution in [0, 0.1) is 11.8 Å². The van der Waals surface area contributed by atoms with Gasteiger partial charge in [-0.2, -0.15) is 0 Å². The first-order valence-electron chi connectivity index (χ1n) is 11.6. The Morgan fingerprint density at radius 1 is 0.943 bits per heavy atom. The van der Waals surface area contributed by atoms with Gasteiger partial charge in [0.15, 0.2) is 0 Å². The number of nitrogens with zero attached hydrogens (tertiary/aromatic N) is 1. The first-order chi connectivity index (χ1) is 17.0. The maximum Gasteiger partial charge on any atom is 0.255 e. The summed E-state index contributed by atoms with van der Waals surface area (Å²) in [5.74, 6) is -0.673. The Labute approximate surface area is 208 Å². The number of hydrogen-bond acceptors (Lipinski definition) is 4. The lowest BCUT2D eigenvalue weighted by molar-refractivity contribution is -0.122. The van der Waals surface area contributed by atoms with E-state index < -0.39 is 5.91 Å². The van der Waals surface area contributed by atoms with Gasteiger partial charge in [-0.15, -0.1) is 0 Å². The van der Waals surface area contributed by atoms with Crippen molar-refractivity contribution in [1.29, 1.82) is 0 Å². The standard InChI is InChI=1S/C28H25ClN2O4/c1-35-25-13-11-20(29)16-24(25)30-26(32)19-8-5-9-21(14-19)31-27(33)22-12-10-18(15-23(22)28(31)34)17-6-3-2-4-7-17/h2-9,11,13-14,16,18,22-23H,10,12,15H2,1H3,(H,30,32)/t18-,22+,23+/m0/s1. The summed E-state index contributed by atoms with van der Waals surface area (Å²) in [6, 6.07) is 21.7. The summed E-state index contributed by atoms with van der Waals surface area (Å²) in [5, 5.41) is 3.25. The molecule has 178 valence electrons. The number of carbonyl (C=O) groups excluding carboxylic acids is 3. The van der Waals surface area contributed by atoms with Crippen molar-refractivity contribution in [3.8, 4) is 5.75 Å². The van der Waals surface area contributed by atoms with Crippen molar-refractivity contribution in [2.45, 2.75) is 25.2 Å². The van der Waals surface area contributed by atoms with E-state index in [2.05, 4.69) is 17.4 Å². The minimum absolute atomic E-state index is 0.180. The summed E-state index contributed by atoms with van der Waals surface area (Å²) in [6.45, 7) is 0. The van der Waals surface area contributed by atoms with Gasteiger partial charge in [0, 0.05) is 10.6 Å². The molecule has 1 saturated carbocycles. The molecule has 0 aromatic heterocycles. The normalized spacial score (nSPS) is 21.5. The molecule has 2 aliphatic rings. The average molecular weight is 489 g/mol. The Balaban J connectivity index is 1.37. The van der Waals surface area contributed by atoms with Crippen LogP contribution in [0.5, 0.6) is 5.75 Å². The molecule has 5 rings (SSSR count). The third-order valence-corrected chi connectivity index (χ3v) is 7.21. The van der Waals surface area contributed by atoms with Gasteiger partial charge < -0.3 is 10.1 Å². The third-order valence-electron chi connectivity index (χ3n) is 6.97. The quantitative estimate of drug-likeness (QED) is 0.469. The highest BCUT2D eigenvalue weighted by Gasteiger charge is 2.50. The van der Waals surface area contributed by atoms with Gasteiger partial charge >= 0.3 is 0 Å². The molecular formula is C28H25ClN2O4. The number of rotatable bonds is 5. The molecular weight excluding hydrogens is 464 g/mol. The zero-order valence-corrected chi connectivity index (χ0v) is 20.0. The summed E-state index contributed by atoms with van der Waals surface area (Å²) in [4.78, 5) is 40.9. The van der Waals surface area contributed by atoms with Crippen LogP contribution in [0.25, 0.3) is 0 Å². The number of anilines is 2. The number of halogens is 1. The van der Waals surface area contributed by atoms with Crippen molar-refractivity contribution in [1.82, 2.24) is 0 Å². The summed E-state index contributed by atoms with van der Waals surface area (Å²) in [7, 11) is 1.51. The molecule has 1 N–H and O–H groups in total. The summed E-state index contributed by atoms with van der Waals surface area (Å²) >= 11 is 6.07. The Bertz CT molecular complexity index is 1290. The van der Waals surface area contributed by atoms with E-state index in [0.29, 0.717) is 40.6 Å². The predicted molar refractivity (Wildman–Crippen MR) is 135 cm³/mol. The van der Waals surface area contributed by atoms with Gasteiger partial charge in [0.1, 0.15) is 5.75 Å². The predicted octanol–water partition coefficient (Wildman–Crippen LogP) is 5.67. The second-order valence-electron chi connectivity index (χ2n) is 8.99. The van der Waals surface area contributed by atoms with Crippen LogP contribution in [0.2, 0.25) is 5.02 Å². The molecule has 3 atom stereocenters. The van der Waals surface area contributed by atoms with Crippen LogP contribution in [0.1, 0.15) is 41.1 Å². The van der Waals surface area contributed by atoms with Crippen LogP contribution in [-0.4, -0.2) is 24.8 Å². The zero-order valence-electron chi connectivity index (χ0n) is 19.2. The van der Waals surface area contributed by atoms with Crippen LogP contribution in [0.3, 0.4) is 0 Å². The molecule has 1 saturated heterocycles. The molecule has 3 aromatic rings. The highest BCUT2D eigenvalue weighted by Crippen LogP contribution is 2.45. The third kappa shape index (κ3) is 4.42. The fourth-order valence-electron chi connectivity index (χ4n) is 5.22. The maximum absolute atomic E-state index is 13.4. The van der Waals surface area contributed by atoms with Gasteiger partial charge in [-0.05, 0) is 67.1 Å². The van der Waals surface area contributed by atoms with Crippen LogP contribution >= 0.6 is 11.6 Å². The summed E-state index contributed by atoms with van der Waals surface area (Å²) in [5.41, 5.74) is 2.37. The molecule has 7 heteroatoms. The first kappa shape index (κ1) is 23.1. The van der Waals surface area contributed by atoms with Gasteiger partial charge in [0.25, 0.3) is 5.91 Å². The van der Waals surface area contributed by atoms with E-state index in [9.17, 15) is 14.4 Å². The smallest absolute Gasteiger partial charge is 0.255 e. The van der Waals surface area contributed by atoms with Crippen molar-refractivity contribution in [2.75, 3.05) is 17.3 Å². The minimum atomic E-state index is -0.395. The largest absolute Gasteiger partial charge is 0.495 e. The molecule has 1 aliphatic carbocycles. The number of benzene rings is 3. The van der Waals surface area contributed by atoms with Gasteiger partial charge in [0.05, 0.1) is 30.3 Å². The van der Waals surface area contributed by atoms with Crippen molar-refractivity contribution >= 4 is 40.7 Å².